The van der Waals surface area contributed by atoms with Gasteiger partial charge in [0.1, 0.15) is 5.75 Å². The molecule has 21 heavy (non-hydrogen) atoms. The minimum atomic E-state index is -0.194. The molecule has 0 unspecified atom stereocenters. The number of amides is 1. The molecule has 0 aliphatic heterocycles. The summed E-state index contributed by atoms with van der Waals surface area (Å²) in [6, 6.07) is 12.6. The first-order valence-corrected chi connectivity index (χ1v) is 6.66. The Morgan fingerprint density at radius 1 is 1.14 bits per heavy atom. The third-order valence-electron chi connectivity index (χ3n) is 3.18. The van der Waals surface area contributed by atoms with Crippen molar-refractivity contribution in [2.45, 2.75) is 6.42 Å². The second kappa shape index (κ2) is 6.65. The first-order chi connectivity index (χ1) is 10.1. The molecule has 2 rings (SSSR count). The minimum Gasteiger partial charge on any atom is -0.497 e. The fourth-order valence-electron chi connectivity index (χ4n) is 2.00. The Hall–Kier alpha value is -2.69. The van der Waals surface area contributed by atoms with Crippen LogP contribution in [0.5, 0.6) is 5.75 Å². The van der Waals surface area contributed by atoms with Crippen LogP contribution in [-0.4, -0.2) is 19.6 Å². The molecule has 1 amide bonds. The molecule has 5 heteroatoms. The summed E-state index contributed by atoms with van der Waals surface area (Å²) in [4.78, 5) is 12.0. The summed E-state index contributed by atoms with van der Waals surface area (Å²) in [5.41, 5.74) is 13.9. The van der Waals surface area contributed by atoms with Crippen LogP contribution in [0.25, 0.3) is 0 Å². The molecule has 0 atom stereocenters. The fourth-order valence-corrected chi connectivity index (χ4v) is 2.00. The third-order valence-corrected chi connectivity index (χ3v) is 3.18. The fraction of sp³-hybridized carbons (Fsp3) is 0.188. The van der Waals surface area contributed by atoms with Gasteiger partial charge in [-0.3, -0.25) is 4.79 Å². The number of methoxy groups -OCH3 is 1. The average Bonchev–Trinajstić information content (AvgIpc) is 2.47. The Morgan fingerprint density at radius 3 is 2.48 bits per heavy atom. The Morgan fingerprint density at radius 2 is 1.86 bits per heavy atom. The van der Waals surface area contributed by atoms with Gasteiger partial charge in [-0.25, -0.2) is 0 Å². The zero-order valence-corrected chi connectivity index (χ0v) is 11.9. The molecule has 5 N–H and O–H groups in total. The van der Waals surface area contributed by atoms with E-state index in [1.165, 1.54) is 0 Å². The van der Waals surface area contributed by atoms with Crippen LogP contribution in [0.3, 0.4) is 0 Å². The van der Waals surface area contributed by atoms with E-state index in [0.29, 0.717) is 23.5 Å². The van der Waals surface area contributed by atoms with Crippen molar-refractivity contribution < 1.29 is 9.53 Å². The number of anilines is 2. The molecule has 0 fully saturated rings. The molecule has 0 saturated carbocycles. The van der Waals surface area contributed by atoms with Crippen molar-refractivity contribution in [2.75, 3.05) is 25.1 Å². The monoisotopic (exact) mass is 285 g/mol. The topological polar surface area (TPSA) is 90.4 Å². The van der Waals surface area contributed by atoms with Gasteiger partial charge >= 0.3 is 0 Å². The van der Waals surface area contributed by atoms with E-state index in [1.807, 2.05) is 24.3 Å². The number of rotatable bonds is 5. The molecule has 0 heterocycles. The van der Waals surface area contributed by atoms with E-state index >= 15 is 0 Å². The Balaban J connectivity index is 1.88. The van der Waals surface area contributed by atoms with Crippen LogP contribution in [-0.2, 0) is 6.42 Å². The van der Waals surface area contributed by atoms with Crippen LogP contribution in [0.4, 0.5) is 11.4 Å². The highest BCUT2D eigenvalue weighted by Crippen LogP contribution is 2.15. The molecule has 0 saturated heterocycles. The summed E-state index contributed by atoms with van der Waals surface area (Å²) in [6.07, 6.45) is 0.741. The van der Waals surface area contributed by atoms with Crippen LogP contribution < -0.4 is 21.5 Å². The largest absolute Gasteiger partial charge is 0.497 e. The van der Waals surface area contributed by atoms with E-state index in [9.17, 15) is 4.79 Å². The Labute approximate surface area is 123 Å². The van der Waals surface area contributed by atoms with Crippen LogP contribution in [0.1, 0.15) is 15.9 Å². The quantitative estimate of drug-likeness (QED) is 0.731. The highest BCUT2D eigenvalue weighted by Gasteiger charge is 2.09. The first kappa shape index (κ1) is 14.7. The molecule has 110 valence electrons. The molecule has 2 aromatic carbocycles. The molecule has 2 aromatic rings. The molecule has 0 aromatic heterocycles. The predicted molar refractivity (Wildman–Crippen MR) is 84.3 cm³/mol. The molecule has 0 radical (unpaired) electrons. The zero-order valence-electron chi connectivity index (χ0n) is 11.9. The van der Waals surface area contributed by atoms with Gasteiger partial charge in [-0.05, 0) is 42.3 Å². The maximum absolute atomic E-state index is 12.0. The summed E-state index contributed by atoms with van der Waals surface area (Å²) in [7, 11) is 1.63. The molecule has 0 aliphatic carbocycles. The summed E-state index contributed by atoms with van der Waals surface area (Å²) in [5.74, 6) is 0.624. The van der Waals surface area contributed by atoms with Gasteiger partial charge in [0.15, 0.2) is 0 Å². The zero-order chi connectivity index (χ0) is 15.2. The number of ether oxygens (including phenoxy) is 1. The second-order valence-corrected chi connectivity index (χ2v) is 4.70. The summed E-state index contributed by atoms with van der Waals surface area (Å²) < 4.78 is 5.10. The first-order valence-electron chi connectivity index (χ1n) is 6.66. The lowest BCUT2D eigenvalue weighted by Crippen LogP contribution is -2.26. The van der Waals surface area contributed by atoms with Gasteiger partial charge in [-0.1, -0.05) is 12.1 Å². The standard InChI is InChI=1S/C16H19N3O2/c1-21-13-5-2-11(3-6-13)8-9-19-16(20)14-7-4-12(17)10-15(14)18/h2-7,10H,8-9,17-18H2,1H3,(H,19,20). The summed E-state index contributed by atoms with van der Waals surface area (Å²) in [5, 5.41) is 2.85. The molecule has 0 aliphatic rings. The number of hydrogen-bond acceptors (Lipinski definition) is 4. The van der Waals surface area contributed by atoms with Crippen LogP contribution in [0.15, 0.2) is 42.5 Å². The normalized spacial score (nSPS) is 10.1. The van der Waals surface area contributed by atoms with Gasteiger partial charge in [0.2, 0.25) is 0 Å². The van der Waals surface area contributed by atoms with E-state index in [2.05, 4.69) is 5.32 Å². The maximum atomic E-state index is 12.0. The number of carbonyl (C=O) groups is 1. The van der Waals surface area contributed by atoms with Crippen LogP contribution in [0, 0.1) is 0 Å². The van der Waals surface area contributed by atoms with Crippen molar-refractivity contribution in [3.63, 3.8) is 0 Å². The Bertz CT molecular complexity index is 624. The molecule has 0 spiro atoms. The summed E-state index contributed by atoms with van der Waals surface area (Å²) in [6.45, 7) is 0.537. The van der Waals surface area contributed by atoms with Gasteiger partial charge < -0.3 is 21.5 Å². The van der Waals surface area contributed by atoms with Crippen molar-refractivity contribution in [2.24, 2.45) is 0 Å². The number of benzene rings is 2. The van der Waals surface area contributed by atoms with Crippen molar-refractivity contribution >= 4 is 17.3 Å². The van der Waals surface area contributed by atoms with Crippen LogP contribution in [0.2, 0.25) is 0 Å². The van der Waals surface area contributed by atoms with E-state index in [1.54, 1.807) is 25.3 Å². The number of hydrogen-bond donors (Lipinski definition) is 3. The molecule has 5 nitrogen and oxygen atoms in total. The minimum absolute atomic E-state index is 0.194. The number of carbonyl (C=O) groups excluding carboxylic acids is 1. The van der Waals surface area contributed by atoms with E-state index in [4.69, 9.17) is 16.2 Å². The lowest BCUT2D eigenvalue weighted by molar-refractivity contribution is 0.0955. The number of nitrogens with one attached hydrogen (secondary N) is 1. The van der Waals surface area contributed by atoms with Crippen LogP contribution >= 0.6 is 0 Å². The van der Waals surface area contributed by atoms with Crippen molar-refractivity contribution in [3.05, 3.63) is 53.6 Å². The highest BCUT2D eigenvalue weighted by atomic mass is 16.5. The van der Waals surface area contributed by atoms with Crippen molar-refractivity contribution in [3.8, 4) is 5.75 Å². The smallest absolute Gasteiger partial charge is 0.253 e. The van der Waals surface area contributed by atoms with E-state index in [-0.39, 0.29) is 5.91 Å². The van der Waals surface area contributed by atoms with Gasteiger partial charge in [0.05, 0.1) is 12.7 Å². The van der Waals surface area contributed by atoms with Gasteiger partial charge in [-0.2, -0.15) is 0 Å². The third kappa shape index (κ3) is 3.89. The second-order valence-electron chi connectivity index (χ2n) is 4.70. The SMILES string of the molecule is COc1ccc(CCNC(=O)c2ccc(N)cc2N)cc1. The maximum Gasteiger partial charge on any atom is 0.253 e. The van der Waals surface area contributed by atoms with E-state index in [0.717, 1.165) is 17.7 Å². The van der Waals surface area contributed by atoms with Gasteiger partial charge in [0, 0.05) is 17.9 Å². The average molecular weight is 285 g/mol. The van der Waals surface area contributed by atoms with E-state index < -0.39 is 0 Å². The molecular weight excluding hydrogens is 266 g/mol. The predicted octanol–water partition coefficient (Wildman–Crippen LogP) is 1.83. The lowest BCUT2D eigenvalue weighted by Gasteiger charge is -2.08. The molecule has 0 bridgehead atoms. The van der Waals surface area contributed by atoms with Gasteiger partial charge in [-0.15, -0.1) is 0 Å². The van der Waals surface area contributed by atoms with Crippen molar-refractivity contribution in [1.82, 2.24) is 5.32 Å². The van der Waals surface area contributed by atoms with Gasteiger partial charge in [0.25, 0.3) is 5.91 Å². The highest BCUT2D eigenvalue weighted by molar-refractivity contribution is 5.99. The molecular formula is C16H19N3O2. The Kier molecular flexibility index (Phi) is 4.66. The lowest BCUT2D eigenvalue weighted by atomic mass is 10.1. The van der Waals surface area contributed by atoms with Crippen molar-refractivity contribution in [1.29, 1.82) is 0 Å². The number of nitrogens with two attached hydrogens (primary N) is 2. The summed E-state index contributed by atoms with van der Waals surface area (Å²) >= 11 is 0. The number of nitrogen functional groups attached to an aromatic ring is 2.